The molecule has 0 bridgehead atoms. The number of nitrogens with zero attached hydrogens (tertiary/aromatic N) is 1. The molecular formula is C14H26N2O. The average molecular weight is 238 g/mol. The highest BCUT2D eigenvalue weighted by Crippen LogP contribution is 2.33. The van der Waals surface area contributed by atoms with Gasteiger partial charge in [0.1, 0.15) is 0 Å². The van der Waals surface area contributed by atoms with Gasteiger partial charge in [0, 0.05) is 25.0 Å². The minimum atomic E-state index is -0.196. The van der Waals surface area contributed by atoms with Gasteiger partial charge in [-0.2, -0.15) is 0 Å². The summed E-state index contributed by atoms with van der Waals surface area (Å²) in [4.78, 5) is 14.3. The van der Waals surface area contributed by atoms with Crippen LogP contribution in [0.2, 0.25) is 0 Å². The Bertz CT molecular complexity index is 293. The van der Waals surface area contributed by atoms with Crippen molar-refractivity contribution in [2.75, 3.05) is 13.1 Å². The molecule has 1 saturated heterocycles. The molecule has 0 aromatic carbocycles. The standard InChI is InChI=1S/C14H26N2O/c1-13(2)6-5-9-16(11-13)12(17)10-14(15)7-3-4-8-14/h3-11,15H2,1-2H3. The molecule has 1 amide bonds. The van der Waals surface area contributed by atoms with Crippen LogP contribution in [0.25, 0.3) is 0 Å². The van der Waals surface area contributed by atoms with Crippen LogP contribution in [-0.4, -0.2) is 29.4 Å². The van der Waals surface area contributed by atoms with Crippen molar-refractivity contribution in [3.63, 3.8) is 0 Å². The molecule has 3 nitrogen and oxygen atoms in total. The summed E-state index contributed by atoms with van der Waals surface area (Å²) in [6.07, 6.45) is 7.35. The highest BCUT2D eigenvalue weighted by Gasteiger charge is 2.35. The molecule has 98 valence electrons. The van der Waals surface area contributed by atoms with Gasteiger partial charge in [0.05, 0.1) is 0 Å². The monoisotopic (exact) mass is 238 g/mol. The Morgan fingerprint density at radius 1 is 1.18 bits per heavy atom. The molecule has 2 N–H and O–H groups in total. The number of carbonyl (C=O) groups excluding carboxylic acids is 1. The Hall–Kier alpha value is -0.570. The predicted molar refractivity (Wildman–Crippen MR) is 69.6 cm³/mol. The van der Waals surface area contributed by atoms with Crippen LogP contribution in [0.3, 0.4) is 0 Å². The zero-order chi connectivity index (χ0) is 12.5. The van der Waals surface area contributed by atoms with Gasteiger partial charge in [-0.3, -0.25) is 4.79 Å². The number of carbonyl (C=O) groups is 1. The summed E-state index contributed by atoms with van der Waals surface area (Å²) < 4.78 is 0. The van der Waals surface area contributed by atoms with Gasteiger partial charge >= 0.3 is 0 Å². The number of rotatable bonds is 2. The van der Waals surface area contributed by atoms with Gasteiger partial charge in [0.2, 0.25) is 5.91 Å². The van der Waals surface area contributed by atoms with E-state index in [0.29, 0.717) is 6.42 Å². The van der Waals surface area contributed by atoms with Gasteiger partial charge < -0.3 is 10.6 Å². The van der Waals surface area contributed by atoms with Crippen LogP contribution in [0.1, 0.15) is 58.8 Å². The number of amides is 1. The van der Waals surface area contributed by atoms with Crippen LogP contribution in [0.5, 0.6) is 0 Å². The van der Waals surface area contributed by atoms with Crippen molar-refractivity contribution in [3.05, 3.63) is 0 Å². The summed E-state index contributed by atoms with van der Waals surface area (Å²) in [6, 6.07) is 0. The molecule has 0 atom stereocenters. The Balaban J connectivity index is 1.91. The van der Waals surface area contributed by atoms with Crippen molar-refractivity contribution in [2.24, 2.45) is 11.1 Å². The maximum absolute atomic E-state index is 12.3. The minimum absolute atomic E-state index is 0.196. The molecule has 17 heavy (non-hydrogen) atoms. The summed E-state index contributed by atoms with van der Waals surface area (Å²) in [6.45, 7) is 6.33. The first-order valence-corrected chi connectivity index (χ1v) is 6.97. The molecule has 0 spiro atoms. The van der Waals surface area contributed by atoms with Gasteiger partial charge in [0.15, 0.2) is 0 Å². The lowest BCUT2D eigenvalue weighted by Gasteiger charge is -2.39. The zero-order valence-electron chi connectivity index (χ0n) is 11.3. The third kappa shape index (κ3) is 3.21. The number of nitrogens with two attached hydrogens (primary N) is 1. The largest absolute Gasteiger partial charge is 0.342 e. The molecular weight excluding hydrogens is 212 g/mol. The van der Waals surface area contributed by atoms with Crippen LogP contribution in [0.15, 0.2) is 0 Å². The Morgan fingerprint density at radius 3 is 2.41 bits per heavy atom. The zero-order valence-corrected chi connectivity index (χ0v) is 11.3. The lowest BCUT2D eigenvalue weighted by Crippen LogP contribution is -2.48. The maximum atomic E-state index is 12.3. The minimum Gasteiger partial charge on any atom is -0.342 e. The van der Waals surface area contributed by atoms with E-state index in [1.807, 2.05) is 4.90 Å². The van der Waals surface area contributed by atoms with Crippen LogP contribution in [0, 0.1) is 5.41 Å². The number of hydrogen-bond donors (Lipinski definition) is 1. The van der Waals surface area contributed by atoms with Crippen molar-refractivity contribution in [2.45, 2.75) is 64.3 Å². The van der Waals surface area contributed by atoms with Gasteiger partial charge in [-0.1, -0.05) is 26.7 Å². The second kappa shape index (κ2) is 4.60. The normalized spacial score (nSPS) is 27.1. The first kappa shape index (κ1) is 12.9. The summed E-state index contributed by atoms with van der Waals surface area (Å²) in [5, 5.41) is 0. The predicted octanol–water partition coefficient (Wildman–Crippen LogP) is 2.30. The van der Waals surface area contributed by atoms with Crippen LogP contribution >= 0.6 is 0 Å². The van der Waals surface area contributed by atoms with E-state index in [-0.39, 0.29) is 16.9 Å². The van der Waals surface area contributed by atoms with Crippen molar-refractivity contribution in [3.8, 4) is 0 Å². The topological polar surface area (TPSA) is 46.3 Å². The summed E-state index contributed by atoms with van der Waals surface area (Å²) >= 11 is 0. The van der Waals surface area contributed by atoms with Crippen LogP contribution in [0.4, 0.5) is 0 Å². The lowest BCUT2D eigenvalue weighted by atomic mass is 9.83. The Kier molecular flexibility index (Phi) is 3.48. The molecule has 0 unspecified atom stereocenters. The third-order valence-corrected chi connectivity index (χ3v) is 4.36. The fourth-order valence-electron chi connectivity index (χ4n) is 3.31. The van der Waals surface area contributed by atoms with Gasteiger partial charge in [-0.05, 0) is 31.1 Å². The summed E-state index contributed by atoms with van der Waals surface area (Å²) in [7, 11) is 0. The molecule has 2 rings (SSSR count). The molecule has 3 heteroatoms. The number of piperidine rings is 1. The average Bonchev–Trinajstić information content (AvgIpc) is 2.63. The van der Waals surface area contributed by atoms with E-state index in [0.717, 1.165) is 32.4 Å². The van der Waals surface area contributed by atoms with Crippen LogP contribution < -0.4 is 5.73 Å². The second-order valence-electron chi connectivity index (χ2n) is 6.83. The molecule has 2 fully saturated rings. The highest BCUT2D eigenvalue weighted by atomic mass is 16.2. The second-order valence-corrected chi connectivity index (χ2v) is 6.83. The van der Waals surface area contributed by atoms with Crippen LogP contribution in [-0.2, 0) is 4.79 Å². The molecule has 1 aliphatic carbocycles. The van der Waals surface area contributed by atoms with Gasteiger partial charge in [-0.25, -0.2) is 0 Å². The van der Waals surface area contributed by atoms with Gasteiger partial charge in [0.25, 0.3) is 0 Å². The molecule has 1 aliphatic heterocycles. The number of likely N-dealkylation sites (tertiary alicyclic amines) is 1. The van der Waals surface area contributed by atoms with Crippen molar-refractivity contribution in [1.82, 2.24) is 4.90 Å². The first-order valence-electron chi connectivity index (χ1n) is 6.97. The summed E-state index contributed by atoms with van der Waals surface area (Å²) in [5.74, 6) is 0.280. The van der Waals surface area contributed by atoms with E-state index in [1.165, 1.54) is 19.3 Å². The van der Waals surface area contributed by atoms with Crippen molar-refractivity contribution in [1.29, 1.82) is 0 Å². The van der Waals surface area contributed by atoms with E-state index in [1.54, 1.807) is 0 Å². The Labute approximate surface area is 105 Å². The highest BCUT2D eigenvalue weighted by molar-refractivity contribution is 5.77. The van der Waals surface area contributed by atoms with Crippen molar-refractivity contribution < 1.29 is 4.79 Å². The molecule has 2 aliphatic rings. The molecule has 0 aromatic rings. The summed E-state index contributed by atoms with van der Waals surface area (Å²) in [5.41, 5.74) is 6.37. The van der Waals surface area contributed by atoms with E-state index in [2.05, 4.69) is 13.8 Å². The quantitative estimate of drug-likeness (QED) is 0.802. The molecule has 1 saturated carbocycles. The van der Waals surface area contributed by atoms with Crippen molar-refractivity contribution >= 4 is 5.91 Å². The smallest absolute Gasteiger partial charge is 0.224 e. The third-order valence-electron chi connectivity index (χ3n) is 4.36. The lowest BCUT2D eigenvalue weighted by molar-refractivity contribution is -0.135. The molecule has 0 radical (unpaired) electrons. The maximum Gasteiger partial charge on any atom is 0.224 e. The fourth-order valence-corrected chi connectivity index (χ4v) is 3.31. The molecule has 0 aromatic heterocycles. The van der Waals surface area contributed by atoms with E-state index in [9.17, 15) is 4.79 Å². The fraction of sp³-hybridized carbons (Fsp3) is 0.929. The SMILES string of the molecule is CC1(C)CCCN(C(=O)CC2(N)CCCC2)C1. The van der Waals surface area contributed by atoms with E-state index in [4.69, 9.17) is 5.73 Å². The van der Waals surface area contributed by atoms with Gasteiger partial charge in [-0.15, -0.1) is 0 Å². The number of hydrogen-bond acceptors (Lipinski definition) is 2. The van der Waals surface area contributed by atoms with E-state index < -0.39 is 0 Å². The van der Waals surface area contributed by atoms with E-state index >= 15 is 0 Å². The Morgan fingerprint density at radius 2 is 1.82 bits per heavy atom. The first-order chi connectivity index (χ1) is 7.90. The molecule has 1 heterocycles.